The van der Waals surface area contributed by atoms with E-state index in [1.54, 1.807) is 12.3 Å². The van der Waals surface area contributed by atoms with E-state index in [1.807, 2.05) is 17.0 Å². The van der Waals surface area contributed by atoms with Gasteiger partial charge in [0.2, 0.25) is 0 Å². The summed E-state index contributed by atoms with van der Waals surface area (Å²) in [6.45, 7) is 1.88. The predicted octanol–water partition coefficient (Wildman–Crippen LogP) is 1.51. The van der Waals surface area contributed by atoms with Crippen LogP contribution in [0.4, 0.5) is 0 Å². The summed E-state index contributed by atoms with van der Waals surface area (Å²) in [7, 11) is 0. The number of hydrogen-bond donors (Lipinski definition) is 2. The number of rotatable bonds is 4. The van der Waals surface area contributed by atoms with Gasteiger partial charge in [0, 0.05) is 6.20 Å². The maximum absolute atomic E-state index is 11.5. The van der Waals surface area contributed by atoms with E-state index in [9.17, 15) is 4.79 Å². The van der Waals surface area contributed by atoms with Gasteiger partial charge in [-0.2, -0.15) is 5.10 Å². The Labute approximate surface area is 144 Å². The summed E-state index contributed by atoms with van der Waals surface area (Å²) in [6.07, 6.45) is 5.58. The minimum atomic E-state index is -0.520. The zero-order valence-electron chi connectivity index (χ0n) is 12.7. The van der Waals surface area contributed by atoms with E-state index in [-0.39, 0.29) is 24.1 Å². The number of thioether (sulfide) groups is 1. The van der Waals surface area contributed by atoms with Gasteiger partial charge < -0.3 is 11.1 Å². The summed E-state index contributed by atoms with van der Waals surface area (Å²) in [6, 6.07) is 3.80. The lowest BCUT2D eigenvalue weighted by molar-refractivity contribution is 0.0994. The summed E-state index contributed by atoms with van der Waals surface area (Å²) in [5, 5.41) is 8.43. The lowest BCUT2D eigenvalue weighted by atomic mass is 10.1. The molecule has 2 aromatic heterocycles. The Bertz CT molecular complexity index is 686. The highest BCUT2D eigenvalue weighted by atomic mass is 35.5. The molecule has 124 valence electrons. The number of nitrogens with zero attached hydrogens (tertiary/aromatic N) is 4. The molecular weight excluding hydrogens is 336 g/mol. The van der Waals surface area contributed by atoms with Gasteiger partial charge in [-0.05, 0) is 44.3 Å². The van der Waals surface area contributed by atoms with Crippen LogP contribution in [0.2, 0.25) is 0 Å². The van der Waals surface area contributed by atoms with Crippen LogP contribution in [0.3, 0.4) is 0 Å². The Morgan fingerprint density at radius 1 is 1.43 bits per heavy atom. The van der Waals surface area contributed by atoms with Gasteiger partial charge in [-0.3, -0.25) is 9.48 Å². The fourth-order valence-electron chi connectivity index (χ4n) is 2.62. The molecule has 0 spiro atoms. The van der Waals surface area contributed by atoms with Gasteiger partial charge in [0.15, 0.2) is 10.9 Å². The molecule has 9 heteroatoms. The van der Waals surface area contributed by atoms with Crippen LogP contribution in [0.1, 0.15) is 29.4 Å². The fraction of sp³-hybridized carbons (Fsp3) is 0.429. The number of carbonyl (C=O) groups excluding carboxylic acids is 1. The highest BCUT2D eigenvalue weighted by molar-refractivity contribution is 7.98. The van der Waals surface area contributed by atoms with Crippen LogP contribution in [-0.4, -0.2) is 45.0 Å². The van der Waals surface area contributed by atoms with Gasteiger partial charge in [-0.1, -0.05) is 11.8 Å². The van der Waals surface area contributed by atoms with Gasteiger partial charge >= 0.3 is 0 Å². The quantitative estimate of drug-likeness (QED) is 0.637. The van der Waals surface area contributed by atoms with Crippen LogP contribution in [-0.2, 0) is 0 Å². The van der Waals surface area contributed by atoms with Crippen LogP contribution in [0.15, 0.2) is 23.5 Å². The van der Waals surface area contributed by atoms with Crippen molar-refractivity contribution in [2.75, 3.05) is 19.3 Å². The molecule has 1 amide bonds. The van der Waals surface area contributed by atoms with Crippen LogP contribution in [0, 0.1) is 0 Å². The molecule has 3 heterocycles. The van der Waals surface area contributed by atoms with Gasteiger partial charge in [0.1, 0.15) is 0 Å². The number of amides is 1. The molecule has 0 unspecified atom stereocenters. The second-order valence-corrected chi connectivity index (χ2v) is 5.91. The molecule has 1 saturated heterocycles. The molecule has 1 aliphatic rings. The maximum atomic E-state index is 11.5. The van der Waals surface area contributed by atoms with Crippen molar-refractivity contribution in [2.45, 2.75) is 24.0 Å². The predicted molar refractivity (Wildman–Crippen MR) is 91.9 cm³/mol. The zero-order chi connectivity index (χ0) is 15.5. The summed E-state index contributed by atoms with van der Waals surface area (Å²) in [5.74, 6) is -0.520. The first-order chi connectivity index (χ1) is 10.7. The van der Waals surface area contributed by atoms with Gasteiger partial charge in [0.25, 0.3) is 5.91 Å². The summed E-state index contributed by atoms with van der Waals surface area (Å²) in [4.78, 5) is 20.2. The lowest BCUT2D eigenvalue weighted by Gasteiger charge is -2.24. The highest BCUT2D eigenvalue weighted by Crippen LogP contribution is 2.27. The second-order valence-electron chi connectivity index (χ2n) is 5.13. The molecule has 1 fully saturated rings. The minimum Gasteiger partial charge on any atom is -0.364 e. The third-order valence-electron chi connectivity index (χ3n) is 3.72. The van der Waals surface area contributed by atoms with Gasteiger partial charge in [-0.15, -0.1) is 12.4 Å². The maximum Gasteiger partial charge on any atom is 0.269 e. The summed E-state index contributed by atoms with van der Waals surface area (Å²) >= 11 is 1.48. The first kappa shape index (κ1) is 17.7. The average Bonchev–Trinajstić information content (AvgIpc) is 3.01. The molecule has 1 aliphatic heterocycles. The van der Waals surface area contributed by atoms with Crippen LogP contribution < -0.4 is 11.1 Å². The van der Waals surface area contributed by atoms with Crippen molar-refractivity contribution >= 4 is 30.1 Å². The Morgan fingerprint density at radius 2 is 2.17 bits per heavy atom. The van der Waals surface area contributed by atoms with Crippen molar-refractivity contribution in [3.05, 3.63) is 24.0 Å². The van der Waals surface area contributed by atoms with Crippen molar-refractivity contribution in [3.63, 3.8) is 0 Å². The largest absolute Gasteiger partial charge is 0.364 e. The number of primary amides is 1. The number of hydrogen-bond acceptors (Lipinski definition) is 6. The third-order valence-corrected chi connectivity index (χ3v) is 4.28. The van der Waals surface area contributed by atoms with E-state index in [4.69, 9.17) is 5.73 Å². The zero-order valence-corrected chi connectivity index (χ0v) is 14.4. The van der Waals surface area contributed by atoms with Gasteiger partial charge in [0.05, 0.1) is 17.4 Å². The normalized spacial score (nSPS) is 15.2. The van der Waals surface area contributed by atoms with E-state index in [0.717, 1.165) is 37.3 Å². The molecule has 0 aromatic carbocycles. The molecule has 3 rings (SSSR count). The first-order valence-electron chi connectivity index (χ1n) is 7.16. The number of nitrogens with one attached hydrogen (secondary N) is 1. The molecule has 0 bridgehead atoms. The summed E-state index contributed by atoms with van der Waals surface area (Å²) in [5.41, 5.74) is 7.25. The smallest absolute Gasteiger partial charge is 0.269 e. The van der Waals surface area contributed by atoms with Crippen molar-refractivity contribution < 1.29 is 4.79 Å². The van der Waals surface area contributed by atoms with E-state index in [0.29, 0.717) is 5.16 Å². The standard InChI is InChI=1S/C14H18N6OS.ClH/c1-22-14-17-7-4-10(18-14)12-8-11(13(15)21)19-20(12)9-2-5-16-6-3-9;/h4,7-9,16H,2-3,5-6H2,1H3,(H2,15,21);1H. The number of halogens is 1. The average molecular weight is 355 g/mol. The van der Waals surface area contributed by atoms with Crippen LogP contribution >= 0.6 is 24.2 Å². The monoisotopic (exact) mass is 354 g/mol. The Morgan fingerprint density at radius 3 is 2.83 bits per heavy atom. The topological polar surface area (TPSA) is 98.7 Å². The van der Waals surface area contributed by atoms with E-state index in [2.05, 4.69) is 20.4 Å². The van der Waals surface area contributed by atoms with Crippen LogP contribution in [0.25, 0.3) is 11.4 Å². The molecule has 2 aromatic rings. The molecule has 23 heavy (non-hydrogen) atoms. The lowest BCUT2D eigenvalue weighted by Crippen LogP contribution is -2.30. The summed E-state index contributed by atoms with van der Waals surface area (Å²) < 4.78 is 1.90. The third kappa shape index (κ3) is 3.82. The SMILES string of the molecule is CSc1nccc(-c2cc(C(N)=O)nn2C2CCNCC2)n1.Cl. The Hall–Kier alpha value is -1.64. The number of nitrogens with two attached hydrogens (primary N) is 1. The molecular formula is C14H19ClN6OS. The molecule has 0 radical (unpaired) electrons. The Balaban J connectivity index is 0.00000192. The molecule has 0 aliphatic carbocycles. The van der Waals surface area contributed by atoms with E-state index < -0.39 is 5.91 Å². The van der Waals surface area contributed by atoms with Crippen molar-refractivity contribution in [3.8, 4) is 11.4 Å². The number of aromatic nitrogens is 4. The molecule has 3 N–H and O–H groups in total. The fourth-order valence-corrected chi connectivity index (χ4v) is 2.97. The van der Waals surface area contributed by atoms with Crippen molar-refractivity contribution in [2.24, 2.45) is 5.73 Å². The van der Waals surface area contributed by atoms with Crippen LogP contribution in [0.5, 0.6) is 0 Å². The number of piperidine rings is 1. The number of carbonyl (C=O) groups is 1. The van der Waals surface area contributed by atoms with Crippen molar-refractivity contribution in [1.29, 1.82) is 0 Å². The molecule has 7 nitrogen and oxygen atoms in total. The highest BCUT2D eigenvalue weighted by Gasteiger charge is 2.22. The first-order valence-corrected chi connectivity index (χ1v) is 8.39. The van der Waals surface area contributed by atoms with Gasteiger partial charge in [-0.25, -0.2) is 9.97 Å². The second kappa shape index (κ2) is 7.76. The molecule has 0 saturated carbocycles. The van der Waals surface area contributed by atoms with E-state index >= 15 is 0 Å². The van der Waals surface area contributed by atoms with E-state index in [1.165, 1.54) is 11.8 Å². The van der Waals surface area contributed by atoms with Crippen molar-refractivity contribution in [1.82, 2.24) is 25.1 Å². The Kier molecular flexibility index (Phi) is 5.97. The molecule has 0 atom stereocenters. The minimum absolute atomic E-state index is 0.